The molecule has 1 saturated carbocycles. The lowest BCUT2D eigenvalue weighted by Crippen LogP contribution is -2.45. The van der Waals surface area contributed by atoms with Gasteiger partial charge >= 0.3 is 5.69 Å². The predicted molar refractivity (Wildman–Crippen MR) is 68.8 cm³/mol. The number of aliphatic hydroxyl groups is 1. The van der Waals surface area contributed by atoms with Crippen LogP contribution in [0.2, 0.25) is 0 Å². The van der Waals surface area contributed by atoms with Crippen molar-refractivity contribution in [3.63, 3.8) is 0 Å². The summed E-state index contributed by atoms with van der Waals surface area (Å²) in [7, 11) is 0. The molecule has 0 radical (unpaired) electrons. The van der Waals surface area contributed by atoms with E-state index in [0.717, 1.165) is 25.0 Å². The van der Waals surface area contributed by atoms with Crippen LogP contribution >= 0.6 is 0 Å². The summed E-state index contributed by atoms with van der Waals surface area (Å²) in [4.78, 5) is 21.6. The lowest BCUT2D eigenvalue weighted by Gasteiger charge is -2.28. The molecule has 20 heavy (non-hydrogen) atoms. The molecule has 2 atom stereocenters. The smallest absolute Gasteiger partial charge is 0.304 e. The predicted octanol–water partition coefficient (Wildman–Crippen LogP) is 1.77. The van der Waals surface area contributed by atoms with E-state index in [-0.39, 0.29) is 11.6 Å². The monoisotopic (exact) mass is 282 g/mol. The molecule has 1 aromatic carbocycles. The number of benzene rings is 1. The third kappa shape index (κ3) is 3.11. The normalized spacial score (nSPS) is 22.3. The van der Waals surface area contributed by atoms with E-state index in [1.54, 1.807) is 0 Å². The van der Waals surface area contributed by atoms with E-state index in [4.69, 9.17) is 0 Å². The number of carbonyl (C=O) groups excluding carboxylic acids is 1. The molecule has 0 saturated heterocycles. The standard InChI is InChI=1S/C13H15FN2O4/c14-9-7-8(5-6-11(9)16(19)20)13(18)15-10-3-1-2-4-12(10)17/h5-7,10,12,17H,1-4H2,(H,15,18)/t10-,12-/m1/s1. The van der Waals surface area contributed by atoms with Gasteiger partial charge in [0.05, 0.1) is 17.1 Å². The summed E-state index contributed by atoms with van der Waals surface area (Å²) in [5.74, 6) is -1.59. The van der Waals surface area contributed by atoms with Crippen molar-refractivity contribution in [3.05, 3.63) is 39.7 Å². The molecule has 0 heterocycles. The molecule has 0 aliphatic heterocycles. The van der Waals surface area contributed by atoms with Crippen molar-refractivity contribution in [2.45, 2.75) is 37.8 Å². The van der Waals surface area contributed by atoms with Crippen molar-refractivity contribution >= 4 is 11.6 Å². The Balaban J connectivity index is 2.09. The van der Waals surface area contributed by atoms with Gasteiger partial charge in [0.15, 0.2) is 0 Å². The Morgan fingerprint density at radius 2 is 2.10 bits per heavy atom. The maximum Gasteiger partial charge on any atom is 0.304 e. The number of nitro benzene ring substituents is 1. The molecule has 2 N–H and O–H groups in total. The lowest BCUT2D eigenvalue weighted by atomic mass is 9.92. The summed E-state index contributed by atoms with van der Waals surface area (Å²) < 4.78 is 13.4. The zero-order chi connectivity index (χ0) is 14.7. The van der Waals surface area contributed by atoms with Crippen molar-refractivity contribution in [2.75, 3.05) is 0 Å². The van der Waals surface area contributed by atoms with E-state index < -0.39 is 28.4 Å². The van der Waals surface area contributed by atoms with E-state index in [9.17, 15) is 24.4 Å². The van der Waals surface area contributed by atoms with Crippen LogP contribution in [0.15, 0.2) is 18.2 Å². The molecule has 1 aliphatic rings. The van der Waals surface area contributed by atoms with E-state index >= 15 is 0 Å². The average Bonchev–Trinajstić information content (AvgIpc) is 2.40. The highest BCUT2D eigenvalue weighted by Crippen LogP contribution is 2.20. The molecular formula is C13H15FN2O4. The number of nitrogens with zero attached hydrogens (tertiary/aromatic N) is 1. The molecule has 1 aliphatic carbocycles. The highest BCUT2D eigenvalue weighted by Gasteiger charge is 2.25. The molecule has 1 fully saturated rings. The minimum Gasteiger partial charge on any atom is -0.391 e. The second-order valence-corrected chi connectivity index (χ2v) is 4.86. The molecule has 0 aromatic heterocycles. The van der Waals surface area contributed by atoms with Crippen molar-refractivity contribution in [1.82, 2.24) is 5.32 Å². The van der Waals surface area contributed by atoms with Gasteiger partial charge in [0.1, 0.15) is 0 Å². The Morgan fingerprint density at radius 1 is 1.40 bits per heavy atom. The summed E-state index contributed by atoms with van der Waals surface area (Å²) in [6, 6.07) is 2.64. The summed E-state index contributed by atoms with van der Waals surface area (Å²) in [6.07, 6.45) is 2.52. The molecule has 0 unspecified atom stereocenters. The SMILES string of the molecule is O=C(N[C@@H]1CCCC[C@H]1O)c1ccc([N+](=O)[O-])c(F)c1. The van der Waals surface area contributed by atoms with Crippen LogP contribution in [0.1, 0.15) is 36.0 Å². The number of amides is 1. The number of aliphatic hydroxyl groups excluding tert-OH is 1. The van der Waals surface area contributed by atoms with Gasteiger partial charge in [-0.15, -0.1) is 0 Å². The zero-order valence-corrected chi connectivity index (χ0v) is 10.7. The van der Waals surface area contributed by atoms with Crippen LogP contribution in [0.25, 0.3) is 0 Å². The number of rotatable bonds is 3. The minimum atomic E-state index is -1.05. The molecule has 0 bridgehead atoms. The average molecular weight is 282 g/mol. The van der Waals surface area contributed by atoms with Crippen LogP contribution in [0, 0.1) is 15.9 Å². The van der Waals surface area contributed by atoms with Gasteiger partial charge in [-0.1, -0.05) is 12.8 Å². The van der Waals surface area contributed by atoms with Crippen molar-refractivity contribution in [2.24, 2.45) is 0 Å². The highest BCUT2D eigenvalue weighted by atomic mass is 19.1. The third-order valence-corrected chi connectivity index (χ3v) is 3.45. The largest absolute Gasteiger partial charge is 0.391 e. The molecular weight excluding hydrogens is 267 g/mol. The van der Waals surface area contributed by atoms with Crippen LogP contribution < -0.4 is 5.32 Å². The number of halogens is 1. The van der Waals surface area contributed by atoms with Gasteiger partial charge in [0.25, 0.3) is 5.91 Å². The van der Waals surface area contributed by atoms with Crippen LogP contribution in [0.3, 0.4) is 0 Å². The van der Waals surface area contributed by atoms with E-state index in [2.05, 4.69) is 5.32 Å². The summed E-state index contributed by atoms with van der Waals surface area (Å²) >= 11 is 0. The summed E-state index contributed by atoms with van der Waals surface area (Å²) in [5, 5.41) is 22.9. The van der Waals surface area contributed by atoms with Gasteiger partial charge in [-0.25, -0.2) is 0 Å². The Bertz CT molecular complexity index is 535. The molecule has 1 amide bonds. The zero-order valence-electron chi connectivity index (χ0n) is 10.7. The number of nitrogens with one attached hydrogen (secondary N) is 1. The second kappa shape index (κ2) is 5.96. The number of hydrogen-bond donors (Lipinski definition) is 2. The Hall–Kier alpha value is -2.02. The Kier molecular flexibility index (Phi) is 4.29. The van der Waals surface area contributed by atoms with Crippen molar-refractivity contribution in [1.29, 1.82) is 0 Å². The molecule has 108 valence electrons. The first-order valence-corrected chi connectivity index (χ1v) is 6.42. The third-order valence-electron chi connectivity index (χ3n) is 3.45. The van der Waals surface area contributed by atoms with Gasteiger partial charge in [-0.3, -0.25) is 14.9 Å². The number of carbonyl (C=O) groups is 1. The van der Waals surface area contributed by atoms with Gasteiger partial charge in [-0.05, 0) is 25.0 Å². The molecule has 0 spiro atoms. The fraction of sp³-hybridized carbons (Fsp3) is 0.462. The molecule has 2 rings (SSSR count). The van der Waals surface area contributed by atoms with E-state index in [0.29, 0.717) is 12.8 Å². The fourth-order valence-corrected chi connectivity index (χ4v) is 2.33. The van der Waals surface area contributed by atoms with Crippen LogP contribution in [0.4, 0.5) is 10.1 Å². The van der Waals surface area contributed by atoms with Crippen LogP contribution in [0.5, 0.6) is 0 Å². The highest BCUT2D eigenvalue weighted by molar-refractivity contribution is 5.94. The first-order chi connectivity index (χ1) is 9.49. The van der Waals surface area contributed by atoms with Crippen molar-refractivity contribution < 1.29 is 19.2 Å². The lowest BCUT2D eigenvalue weighted by molar-refractivity contribution is -0.387. The van der Waals surface area contributed by atoms with Crippen LogP contribution in [-0.2, 0) is 0 Å². The minimum absolute atomic E-state index is 0.00544. The quantitative estimate of drug-likeness (QED) is 0.652. The summed E-state index contributed by atoms with van der Waals surface area (Å²) in [5.41, 5.74) is -0.662. The fourth-order valence-electron chi connectivity index (χ4n) is 2.33. The number of hydrogen-bond acceptors (Lipinski definition) is 4. The first-order valence-electron chi connectivity index (χ1n) is 6.42. The van der Waals surface area contributed by atoms with E-state index in [1.165, 1.54) is 6.07 Å². The van der Waals surface area contributed by atoms with Crippen LogP contribution in [-0.4, -0.2) is 28.1 Å². The maximum atomic E-state index is 13.4. The van der Waals surface area contributed by atoms with Gasteiger partial charge in [0.2, 0.25) is 5.82 Å². The molecule has 6 nitrogen and oxygen atoms in total. The van der Waals surface area contributed by atoms with Gasteiger partial charge in [0, 0.05) is 11.6 Å². The first kappa shape index (κ1) is 14.4. The summed E-state index contributed by atoms with van der Waals surface area (Å²) in [6.45, 7) is 0. The molecule has 7 heteroatoms. The Labute approximate surface area is 114 Å². The second-order valence-electron chi connectivity index (χ2n) is 4.86. The van der Waals surface area contributed by atoms with Crippen molar-refractivity contribution in [3.8, 4) is 0 Å². The van der Waals surface area contributed by atoms with E-state index in [1.807, 2.05) is 0 Å². The van der Waals surface area contributed by atoms with Gasteiger partial charge < -0.3 is 10.4 Å². The topological polar surface area (TPSA) is 92.5 Å². The number of nitro groups is 1. The maximum absolute atomic E-state index is 13.4. The van der Waals surface area contributed by atoms with Gasteiger partial charge in [-0.2, -0.15) is 4.39 Å². The molecule has 1 aromatic rings. The Morgan fingerprint density at radius 3 is 2.70 bits per heavy atom.